The van der Waals surface area contributed by atoms with Crippen LogP contribution in [-0.4, -0.2) is 42.3 Å². The van der Waals surface area contributed by atoms with Crippen molar-refractivity contribution in [3.05, 3.63) is 48.0 Å². The van der Waals surface area contributed by atoms with Crippen molar-refractivity contribution in [1.82, 2.24) is 4.72 Å². The predicted molar refractivity (Wildman–Crippen MR) is 97.1 cm³/mol. The van der Waals surface area contributed by atoms with Crippen LogP contribution in [0.3, 0.4) is 0 Å². The summed E-state index contributed by atoms with van der Waals surface area (Å²) < 4.78 is 38.2. The third-order valence-corrected chi connectivity index (χ3v) is 5.80. The lowest BCUT2D eigenvalue weighted by Crippen LogP contribution is -2.34. The normalized spacial score (nSPS) is 13.6. The number of rotatable bonds is 7. The smallest absolute Gasteiger partial charge is 0.244 e. The van der Waals surface area contributed by atoms with E-state index in [1.165, 1.54) is 31.5 Å². The van der Waals surface area contributed by atoms with Gasteiger partial charge in [-0.15, -0.1) is 0 Å². The first kappa shape index (κ1) is 17.6. The summed E-state index contributed by atoms with van der Waals surface area (Å²) in [7, 11) is -0.743. The van der Waals surface area contributed by atoms with Crippen molar-refractivity contribution in [2.24, 2.45) is 0 Å². The second kappa shape index (κ2) is 7.33. The largest absolute Gasteiger partial charge is 0.497 e. The van der Waals surface area contributed by atoms with Gasteiger partial charge in [0.25, 0.3) is 0 Å². The second-order valence-electron chi connectivity index (χ2n) is 5.78. The number of benzene rings is 2. The summed E-state index contributed by atoms with van der Waals surface area (Å²) in [5, 5.41) is 0. The zero-order valence-electron chi connectivity index (χ0n) is 14.4. The molecular weight excluding hydrogens is 340 g/mol. The standard InChI is InChI=1S/C18H22N2O4S/c1-23-15-7-8-17(24-2)18(13-15)25(21,22)19-10-12-20-11-9-14-5-3-4-6-16(14)20/h3-8,13,19H,9-12H2,1-2H3. The number of anilines is 1. The van der Waals surface area contributed by atoms with E-state index < -0.39 is 10.0 Å². The molecule has 0 fully saturated rings. The summed E-state index contributed by atoms with van der Waals surface area (Å²) in [5.41, 5.74) is 2.49. The Morgan fingerprint density at radius 3 is 2.68 bits per heavy atom. The molecule has 134 valence electrons. The SMILES string of the molecule is COc1ccc(OC)c(S(=O)(=O)NCCN2CCc3ccccc32)c1. The van der Waals surface area contributed by atoms with Gasteiger partial charge in [0.05, 0.1) is 14.2 Å². The number of fused-ring (bicyclic) bond motifs is 1. The van der Waals surface area contributed by atoms with Crippen LogP contribution in [0, 0.1) is 0 Å². The summed E-state index contributed by atoms with van der Waals surface area (Å²) in [6.45, 7) is 1.84. The van der Waals surface area contributed by atoms with Crippen LogP contribution in [0.15, 0.2) is 47.4 Å². The highest BCUT2D eigenvalue weighted by Gasteiger charge is 2.22. The molecule has 1 aliphatic rings. The number of nitrogens with zero attached hydrogens (tertiary/aromatic N) is 1. The fourth-order valence-corrected chi connectivity index (χ4v) is 4.23. The number of nitrogens with one attached hydrogen (secondary N) is 1. The van der Waals surface area contributed by atoms with Gasteiger partial charge in [0.15, 0.2) is 0 Å². The molecule has 3 rings (SSSR count). The Kier molecular flexibility index (Phi) is 5.15. The molecule has 0 spiro atoms. The van der Waals surface area contributed by atoms with Gasteiger partial charge in [0.1, 0.15) is 16.4 Å². The number of methoxy groups -OCH3 is 2. The molecule has 0 bridgehead atoms. The average molecular weight is 362 g/mol. The molecule has 0 aromatic heterocycles. The van der Waals surface area contributed by atoms with Crippen molar-refractivity contribution in [2.75, 3.05) is 38.8 Å². The molecule has 0 atom stereocenters. The molecule has 2 aromatic rings. The molecule has 0 saturated carbocycles. The molecule has 7 heteroatoms. The van der Waals surface area contributed by atoms with Crippen LogP contribution in [0.2, 0.25) is 0 Å². The molecule has 0 aliphatic carbocycles. The maximum absolute atomic E-state index is 12.6. The van der Waals surface area contributed by atoms with Gasteiger partial charge < -0.3 is 14.4 Å². The van der Waals surface area contributed by atoms with E-state index in [9.17, 15) is 8.42 Å². The molecule has 0 saturated heterocycles. The van der Waals surface area contributed by atoms with Crippen LogP contribution in [0.25, 0.3) is 0 Å². The second-order valence-corrected chi connectivity index (χ2v) is 7.52. The Labute approximate surface area is 148 Å². The Morgan fingerprint density at radius 2 is 1.92 bits per heavy atom. The average Bonchev–Trinajstić information content (AvgIpc) is 3.04. The van der Waals surface area contributed by atoms with E-state index >= 15 is 0 Å². The molecule has 1 heterocycles. The molecule has 25 heavy (non-hydrogen) atoms. The summed E-state index contributed by atoms with van der Waals surface area (Å²) >= 11 is 0. The highest BCUT2D eigenvalue weighted by Crippen LogP contribution is 2.29. The van der Waals surface area contributed by atoms with Gasteiger partial charge in [-0.1, -0.05) is 18.2 Å². The highest BCUT2D eigenvalue weighted by molar-refractivity contribution is 7.89. The minimum Gasteiger partial charge on any atom is -0.497 e. The van der Waals surface area contributed by atoms with E-state index in [0.29, 0.717) is 24.6 Å². The molecule has 1 aliphatic heterocycles. The first-order valence-electron chi connectivity index (χ1n) is 8.09. The lowest BCUT2D eigenvalue weighted by molar-refractivity contribution is 0.392. The van der Waals surface area contributed by atoms with Crippen LogP contribution in [-0.2, 0) is 16.4 Å². The minimum atomic E-state index is -3.69. The third kappa shape index (κ3) is 3.72. The maximum Gasteiger partial charge on any atom is 0.244 e. The molecular formula is C18H22N2O4S. The number of hydrogen-bond donors (Lipinski definition) is 1. The molecule has 0 amide bonds. The first-order chi connectivity index (χ1) is 12.0. The fraction of sp³-hybridized carbons (Fsp3) is 0.333. The van der Waals surface area contributed by atoms with Crippen molar-refractivity contribution >= 4 is 15.7 Å². The molecule has 2 aromatic carbocycles. The Bertz CT molecular complexity index is 852. The summed E-state index contributed by atoms with van der Waals surface area (Å²) in [6, 6.07) is 12.9. The van der Waals surface area contributed by atoms with Crippen LogP contribution in [0.1, 0.15) is 5.56 Å². The van der Waals surface area contributed by atoms with Gasteiger partial charge in [-0.3, -0.25) is 0 Å². The number of para-hydroxylation sites is 1. The van der Waals surface area contributed by atoms with E-state index in [-0.39, 0.29) is 4.90 Å². The minimum absolute atomic E-state index is 0.0798. The van der Waals surface area contributed by atoms with Gasteiger partial charge in [-0.05, 0) is 30.2 Å². The molecule has 0 unspecified atom stereocenters. The van der Waals surface area contributed by atoms with Gasteiger partial charge in [0.2, 0.25) is 10.0 Å². The van der Waals surface area contributed by atoms with E-state index in [1.54, 1.807) is 12.1 Å². The lowest BCUT2D eigenvalue weighted by atomic mass is 10.2. The predicted octanol–water partition coefficient (Wildman–Crippen LogP) is 2.04. The van der Waals surface area contributed by atoms with E-state index in [2.05, 4.69) is 21.8 Å². The molecule has 6 nitrogen and oxygen atoms in total. The molecule has 1 N–H and O–H groups in total. The Balaban J connectivity index is 1.69. The van der Waals surface area contributed by atoms with E-state index in [1.807, 2.05) is 12.1 Å². The van der Waals surface area contributed by atoms with Gasteiger partial charge in [-0.2, -0.15) is 0 Å². The number of hydrogen-bond acceptors (Lipinski definition) is 5. The van der Waals surface area contributed by atoms with Crippen LogP contribution in [0.4, 0.5) is 5.69 Å². The van der Waals surface area contributed by atoms with E-state index in [0.717, 1.165) is 13.0 Å². The maximum atomic E-state index is 12.6. The monoisotopic (exact) mass is 362 g/mol. The van der Waals surface area contributed by atoms with Crippen LogP contribution in [0.5, 0.6) is 11.5 Å². The van der Waals surface area contributed by atoms with Gasteiger partial charge in [0, 0.05) is 31.4 Å². The third-order valence-electron chi connectivity index (χ3n) is 4.32. The van der Waals surface area contributed by atoms with Crippen molar-refractivity contribution in [3.63, 3.8) is 0 Å². The van der Waals surface area contributed by atoms with Crippen molar-refractivity contribution in [3.8, 4) is 11.5 Å². The Hall–Kier alpha value is -2.25. The van der Waals surface area contributed by atoms with Gasteiger partial charge in [-0.25, -0.2) is 13.1 Å². The van der Waals surface area contributed by atoms with E-state index in [4.69, 9.17) is 9.47 Å². The highest BCUT2D eigenvalue weighted by atomic mass is 32.2. The quantitative estimate of drug-likeness (QED) is 0.816. The lowest BCUT2D eigenvalue weighted by Gasteiger charge is -2.20. The van der Waals surface area contributed by atoms with Crippen molar-refractivity contribution in [2.45, 2.75) is 11.3 Å². The first-order valence-corrected chi connectivity index (χ1v) is 9.58. The van der Waals surface area contributed by atoms with Gasteiger partial charge >= 0.3 is 0 Å². The Morgan fingerprint density at radius 1 is 1.12 bits per heavy atom. The zero-order valence-corrected chi connectivity index (χ0v) is 15.2. The zero-order chi connectivity index (χ0) is 17.9. The fourth-order valence-electron chi connectivity index (χ4n) is 3.03. The van der Waals surface area contributed by atoms with Crippen molar-refractivity contribution in [1.29, 1.82) is 0 Å². The summed E-state index contributed by atoms with van der Waals surface area (Å²) in [6.07, 6.45) is 0.993. The summed E-state index contributed by atoms with van der Waals surface area (Å²) in [5.74, 6) is 0.759. The van der Waals surface area contributed by atoms with Crippen LogP contribution >= 0.6 is 0 Å². The molecule has 0 radical (unpaired) electrons. The van der Waals surface area contributed by atoms with Crippen LogP contribution < -0.4 is 19.1 Å². The summed E-state index contributed by atoms with van der Waals surface area (Å²) in [4.78, 5) is 2.27. The number of sulfonamides is 1. The topological polar surface area (TPSA) is 67.9 Å². The van der Waals surface area contributed by atoms with Crippen molar-refractivity contribution < 1.29 is 17.9 Å². The number of ether oxygens (including phenoxy) is 2.